The maximum absolute atomic E-state index is 10.4. The zero-order valence-corrected chi connectivity index (χ0v) is 7.96. The molecule has 0 rings (SSSR count). The van der Waals surface area contributed by atoms with Crippen LogP contribution in [-0.2, 0) is 4.79 Å². The molecule has 0 saturated heterocycles. The molecule has 1 unspecified atom stereocenters. The lowest BCUT2D eigenvalue weighted by Gasteiger charge is -2.11. The number of aliphatic carboxylic acids is 1. The second-order valence-electron chi connectivity index (χ2n) is 2.92. The van der Waals surface area contributed by atoms with Crippen molar-refractivity contribution in [3.05, 3.63) is 0 Å². The summed E-state index contributed by atoms with van der Waals surface area (Å²) in [6, 6.07) is 0. The molecule has 0 radical (unpaired) electrons. The number of nitrogens with zero attached hydrogens (tertiary/aromatic N) is 1. The molecule has 0 aromatic heterocycles. The molecule has 70 valence electrons. The van der Waals surface area contributed by atoms with Gasteiger partial charge in [0.15, 0.2) is 0 Å². The van der Waals surface area contributed by atoms with Crippen molar-refractivity contribution in [3.8, 4) is 0 Å². The van der Waals surface area contributed by atoms with E-state index < -0.39 is 11.9 Å². The third kappa shape index (κ3) is 4.11. The van der Waals surface area contributed by atoms with Crippen LogP contribution < -0.4 is 5.11 Å². The standard InChI is InChI=1S/C9H17NO2/c1-4-5-6-10-8(3)7(2)9(11)12/h7H,4-6H2,1-3H3,(H,11,12)/p-1. The summed E-state index contributed by atoms with van der Waals surface area (Å²) in [5.41, 5.74) is 0.656. The van der Waals surface area contributed by atoms with Crippen LogP contribution in [0.1, 0.15) is 33.6 Å². The van der Waals surface area contributed by atoms with Gasteiger partial charge in [-0.15, -0.1) is 0 Å². The Hall–Kier alpha value is -0.860. The Morgan fingerprint density at radius 1 is 1.58 bits per heavy atom. The number of carboxylic acid groups (broad SMARTS) is 1. The van der Waals surface area contributed by atoms with Crippen LogP contribution in [0.15, 0.2) is 4.99 Å². The molecule has 0 fully saturated rings. The number of hydrogen-bond donors (Lipinski definition) is 0. The van der Waals surface area contributed by atoms with Gasteiger partial charge in [0.2, 0.25) is 0 Å². The second-order valence-corrected chi connectivity index (χ2v) is 2.92. The molecule has 0 aliphatic carbocycles. The molecular weight excluding hydrogens is 154 g/mol. The fraction of sp³-hybridized carbons (Fsp3) is 0.778. The molecule has 0 spiro atoms. The largest absolute Gasteiger partial charge is 0.549 e. The molecule has 0 heterocycles. The molecular formula is C9H16NO2-. The summed E-state index contributed by atoms with van der Waals surface area (Å²) in [7, 11) is 0. The zero-order chi connectivity index (χ0) is 9.56. The monoisotopic (exact) mass is 170 g/mol. The summed E-state index contributed by atoms with van der Waals surface area (Å²) in [4.78, 5) is 14.5. The summed E-state index contributed by atoms with van der Waals surface area (Å²) in [6.07, 6.45) is 2.09. The van der Waals surface area contributed by atoms with Gasteiger partial charge >= 0.3 is 0 Å². The van der Waals surface area contributed by atoms with Gasteiger partial charge in [-0.05, 0) is 13.3 Å². The van der Waals surface area contributed by atoms with Crippen molar-refractivity contribution in [2.24, 2.45) is 10.9 Å². The number of aliphatic imine (C=N–C) groups is 1. The molecule has 3 nitrogen and oxygen atoms in total. The highest BCUT2D eigenvalue weighted by Crippen LogP contribution is 1.98. The first-order valence-electron chi connectivity index (χ1n) is 4.31. The topological polar surface area (TPSA) is 52.5 Å². The van der Waals surface area contributed by atoms with E-state index in [-0.39, 0.29) is 0 Å². The van der Waals surface area contributed by atoms with Crippen LogP contribution in [0.2, 0.25) is 0 Å². The molecule has 0 bridgehead atoms. The molecule has 0 saturated carbocycles. The van der Waals surface area contributed by atoms with Crippen molar-refractivity contribution in [2.45, 2.75) is 33.6 Å². The molecule has 0 amide bonds. The van der Waals surface area contributed by atoms with E-state index in [4.69, 9.17) is 0 Å². The predicted molar refractivity (Wildman–Crippen MR) is 47.1 cm³/mol. The van der Waals surface area contributed by atoms with Gasteiger partial charge in [-0.3, -0.25) is 4.99 Å². The van der Waals surface area contributed by atoms with Crippen molar-refractivity contribution < 1.29 is 9.90 Å². The average Bonchev–Trinajstić information content (AvgIpc) is 2.03. The van der Waals surface area contributed by atoms with Crippen molar-refractivity contribution in [1.82, 2.24) is 0 Å². The fourth-order valence-electron chi connectivity index (χ4n) is 0.721. The van der Waals surface area contributed by atoms with E-state index >= 15 is 0 Å². The lowest BCUT2D eigenvalue weighted by molar-refractivity contribution is -0.308. The second kappa shape index (κ2) is 5.75. The number of rotatable bonds is 5. The first-order valence-corrected chi connectivity index (χ1v) is 4.31. The van der Waals surface area contributed by atoms with E-state index in [9.17, 15) is 9.90 Å². The molecule has 0 aliphatic heterocycles. The molecule has 3 heteroatoms. The van der Waals surface area contributed by atoms with Crippen LogP contribution in [-0.4, -0.2) is 18.2 Å². The van der Waals surface area contributed by atoms with Crippen LogP contribution in [0, 0.1) is 5.92 Å². The molecule has 0 aliphatic rings. The van der Waals surface area contributed by atoms with Crippen LogP contribution >= 0.6 is 0 Å². The Kier molecular flexibility index (Phi) is 5.34. The first kappa shape index (κ1) is 11.1. The molecule has 0 aromatic rings. The van der Waals surface area contributed by atoms with E-state index in [0.29, 0.717) is 5.71 Å². The maximum Gasteiger partial charge on any atom is 0.0498 e. The number of unbranched alkanes of at least 4 members (excludes halogenated alkanes) is 1. The van der Waals surface area contributed by atoms with Crippen molar-refractivity contribution in [2.75, 3.05) is 6.54 Å². The van der Waals surface area contributed by atoms with Gasteiger partial charge in [0, 0.05) is 24.1 Å². The summed E-state index contributed by atoms with van der Waals surface area (Å²) >= 11 is 0. The van der Waals surface area contributed by atoms with Crippen LogP contribution in [0.3, 0.4) is 0 Å². The Balaban J connectivity index is 3.90. The van der Waals surface area contributed by atoms with Gasteiger partial charge in [-0.1, -0.05) is 20.3 Å². The smallest absolute Gasteiger partial charge is 0.0498 e. The van der Waals surface area contributed by atoms with Gasteiger partial charge in [0.25, 0.3) is 0 Å². The van der Waals surface area contributed by atoms with E-state index in [1.165, 1.54) is 0 Å². The van der Waals surface area contributed by atoms with Crippen LogP contribution in [0.5, 0.6) is 0 Å². The third-order valence-corrected chi connectivity index (χ3v) is 1.85. The Morgan fingerprint density at radius 2 is 2.17 bits per heavy atom. The number of carboxylic acids is 1. The van der Waals surface area contributed by atoms with E-state index in [0.717, 1.165) is 19.4 Å². The minimum absolute atomic E-state index is 0.554. The van der Waals surface area contributed by atoms with Crippen molar-refractivity contribution in [1.29, 1.82) is 0 Å². The fourth-order valence-corrected chi connectivity index (χ4v) is 0.721. The predicted octanol–water partition coefficient (Wildman–Crippen LogP) is 0.633. The van der Waals surface area contributed by atoms with Crippen LogP contribution in [0.25, 0.3) is 0 Å². The summed E-state index contributed by atoms with van der Waals surface area (Å²) in [6.45, 7) is 6.13. The van der Waals surface area contributed by atoms with E-state index in [2.05, 4.69) is 11.9 Å². The quantitative estimate of drug-likeness (QED) is 0.449. The first-order chi connectivity index (χ1) is 5.59. The number of hydrogen-bond acceptors (Lipinski definition) is 3. The minimum Gasteiger partial charge on any atom is -0.549 e. The van der Waals surface area contributed by atoms with E-state index in [1.54, 1.807) is 13.8 Å². The normalized spacial score (nSPS) is 14.4. The highest BCUT2D eigenvalue weighted by atomic mass is 16.4. The molecule has 0 N–H and O–H groups in total. The third-order valence-electron chi connectivity index (χ3n) is 1.85. The molecule has 0 aromatic carbocycles. The summed E-state index contributed by atoms with van der Waals surface area (Å²) in [5.74, 6) is -1.60. The van der Waals surface area contributed by atoms with E-state index in [1.807, 2.05) is 0 Å². The highest BCUT2D eigenvalue weighted by Gasteiger charge is 2.04. The average molecular weight is 170 g/mol. The van der Waals surface area contributed by atoms with Gasteiger partial charge in [0.1, 0.15) is 0 Å². The maximum atomic E-state index is 10.4. The Bertz CT molecular complexity index is 175. The van der Waals surface area contributed by atoms with Crippen molar-refractivity contribution in [3.63, 3.8) is 0 Å². The van der Waals surface area contributed by atoms with Gasteiger partial charge in [-0.2, -0.15) is 0 Å². The SMILES string of the molecule is CCCCN=C(C)C(C)C(=O)[O-]. The molecule has 12 heavy (non-hydrogen) atoms. The van der Waals surface area contributed by atoms with Crippen molar-refractivity contribution >= 4 is 11.7 Å². The number of carbonyl (C=O) groups excluding carboxylic acids is 1. The summed E-state index contributed by atoms with van der Waals surface area (Å²) < 4.78 is 0. The van der Waals surface area contributed by atoms with Gasteiger partial charge in [-0.25, -0.2) is 0 Å². The van der Waals surface area contributed by atoms with Gasteiger partial charge < -0.3 is 9.90 Å². The Labute approximate surface area is 73.5 Å². The summed E-state index contributed by atoms with van der Waals surface area (Å²) in [5, 5.41) is 10.4. The van der Waals surface area contributed by atoms with Gasteiger partial charge in [0.05, 0.1) is 0 Å². The molecule has 1 atom stereocenters. The zero-order valence-electron chi connectivity index (χ0n) is 7.96. The minimum atomic E-state index is -1.05. The highest BCUT2D eigenvalue weighted by molar-refractivity contribution is 5.98. The lowest BCUT2D eigenvalue weighted by Crippen LogP contribution is -2.33. The number of carbonyl (C=O) groups is 1. The Morgan fingerprint density at radius 3 is 2.58 bits per heavy atom. The lowest BCUT2D eigenvalue weighted by atomic mass is 10.1. The van der Waals surface area contributed by atoms with Crippen LogP contribution in [0.4, 0.5) is 0 Å².